The first-order valence-corrected chi connectivity index (χ1v) is 31.0. The Balaban J connectivity index is 0.845. The minimum atomic E-state index is -5.37. The molecule has 2 aliphatic heterocycles. The third-order valence-electron chi connectivity index (χ3n) is 13.9. The number of nitrogen functional groups attached to an aromatic ring is 2. The number of carbonyl (C=O) groups is 6. The lowest BCUT2D eigenvalue weighted by molar-refractivity contribution is -0.873. The number of nitrogens with zero attached hydrogens (tertiary/aromatic N) is 14. The van der Waals surface area contributed by atoms with Crippen LogP contribution in [-0.2, 0) is 70.5 Å². The quantitative estimate of drug-likeness (QED) is 0.0101. The molecule has 2 fully saturated rings. The Morgan fingerprint density at radius 1 is 0.670 bits per heavy atom. The number of β-lactam (4-membered cyclic amide) rings is 2. The van der Waals surface area contributed by atoms with Crippen LogP contribution in [0.5, 0.6) is 11.5 Å². The van der Waals surface area contributed by atoms with Gasteiger partial charge in [0.2, 0.25) is 24.3 Å². The second-order valence-corrected chi connectivity index (χ2v) is 26.9. The highest BCUT2D eigenvalue weighted by Crippen LogP contribution is 2.37. The van der Waals surface area contributed by atoms with Gasteiger partial charge >= 0.3 is 22.3 Å². The summed E-state index contributed by atoms with van der Waals surface area (Å²) < 4.78 is 57.7. The number of aliphatic carboxylic acids is 2. The van der Waals surface area contributed by atoms with Crippen molar-refractivity contribution in [1.29, 1.82) is 0 Å². The van der Waals surface area contributed by atoms with Crippen LogP contribution in [-0.4, -0.2) is 218 Å². The average Bonchev–Trinajstić information content (AvgIpc) is 1.00. The number of nitrogens with two attached hydrogens (primary N) is 2. The van der Waals surface area contributed by atoms with Crippen molar-refractivity contribution in [3.05, 3.63) is 96.2 Å². The van der Waals surface area contributed by atoms with E-state index in [1.165, 1.54) is 50.8 Å². The van der Waals surface area contributed by atoms with Crippen LogP contribution >= 0.6 is 22.7 Å². The molecule has 488 valence electrons. The number of aryl methyl sites for hydroxylation is 2. The number of quaternary nitrogens is 2. The molecule has 0 aliphatic carbocycles. The molecule has 8 N–H and O–H groups in total. The topological polar surface area (TPSA) is 409 Å². The smallest absolute Gasteiger partial charge is 0.442 e. The summed E-state index contributed by atoms with van der Waals surface area (Å²) in [6.45, 7) is 7.63. The number of oxime groups is 2. The third-order valence-corrected chi connectivity index (χ3v) is 15.9. The lowest BCUT2D eigenvalue weighted by Gasteiger charge is -2.52. The number of imidazole rings is 2. The third kappa shape index (κ3) is 17.2. The number of rotatable bonds is 32. The zero-order valence-corrected chi connectivity index (χ0v) is 53.7. The maximum absolute atomic E-state index is 13.9. The van der Waals surface area contributed by atoms with Crippen LogP contribution in [0.15, 0.2) is 95.2 Å². The van der Waals surface area contributed by atoms with Gasteiger partial charge in [0.25, 0.3) is 35.8 Å². The molecule has 4 amide bonds. The number of aromatic nitrogens is 8. The van der Waals surface area contributed by atoms with Crippen LogP contribution in [0.1, 0.15) is 51.9 Å². The van der Waals surface area contributed by atoms with Crippen LogP contribution in [0.25, 0.3) is 11.6 Å². The largest absolute Gasteiger partial charge is 0.487 e. The number of amides is 4. The number of nitrogens with one attached hydrogen (secondary N) is 2. The Morgan fingerprint density at radius 2 is 1.05 bits per heavy atom. The predicted octanol–water partition coefficient (Wildman–Crippen LogP) is -0.572. The highest BCUT2D eigenvalue weighted by molar-refractivity contribution is 7.81. The summed E-state index contributed by atoms with van der Waals surface area (Å²) in [6, 6.07) is 3.43. The molecule has 34 nitrogen and oxygen atoms in total. The molecule has 0 saturated carbocycles. The van der Waals surface area contributed by atoms with Gasteiger partial charge in [-0.1, -0.05) is 10.3 Å². The van der Waals surface area contributed by atoms with Gasteiger partial charge in [-0.05, 0) is 39.8 Å². The molecule has 4 atom stereocenters. The molecule has 91 heavy (non-hydrogen) atoms. The minimum absolute atomic E-state index is 0.0140. The highest BCUT2D eigenvalue weighted by atomic mass is 32.3. The first-order valence-electron chi connectivity index (χ1n) is 27.9. The summed E-state index contributed by atoms with van der Waals surface area (Å²) in [5.41, 5.74) is 6.72. The van der Waals surface area contributed by atoms with E-state index in [0.717, 1.165) is 70.7 Å². The Kier molecular flexibility index (Phi) is 20.4. The van der Waals surface area contributed by atoms with Crippen LogP contribution in [0.2, 0.25) is 0 Å². The van der Waals surface area contributed by atoms with E-state index >= 15 is 0 Å². The lowest BCUT2D eigenvalue weighted by atomic mass is 9.84. The standard InChI is InChI=1S/C54H68N18O16S3/c1-53(2)43(61-45(73)41(35-29-89-51(55)59-35)63-85-37(49(77)78)27-83-33-13-15-39(57-25-33)67-21-19-65(31-67)17-11-23-71(5,6)7)47(75)69(53)87-91(81,82)88-70-48(76)44(54(70,3)4)62-46(74)42(36-30-90-52(56)60-36)64-86-38(50(79)80)28-84-34-14-16-40(58-26-34)68-22-20-66(32-68)18-12-24-72(8,9)10/h13-16,19-22,25-26,29-32,37-38,43-44H,11-12,17-18,23-24,27-28H2,1-10H3,(H4-4,55,56,59,60,61,62,73,74,77,78,79,80)/p+4/b63-41-,64-42-/t37-,38-,43+,44+/m0/s1. The number of thiazole rings is 2. The van der Waals surface area contributed by atoms with Crippen molar-refractivity contribution in [1.82, 2.24) is 49.8 Å². The fraction of sp³-hybridized carbons (Fsp3) is 0.444. The number of hydrogen-bond donors (Lipinski definition) is 6. The molecule has 0 unspecified atom stereocenters. The van der Waals surface area contributed by atoms with Crippen molar-refractivity contribution in [3.63, 3.8) is 0 Å². The van der Waals surface area contributed by atoms with E-state index in [9.17, 15) is 47.4 Å². The molecule has 2 saturated heterocycles. The number of hydroxylamine groups is 4. The first kappa shape index (κ1) is 67.7. The molecule has 2 aliphatic rings. The second-order valence-electron chi connectivity index (χ2n) is 24.0. The predicted molar refractivity (Wildman–Crippen MR) is 321 cm³/mol. The Morgan fingerprint density at radius 3 is 1.36 bits per heavy atom. The molecule has 0 spiro atoms. The average molecular weight is 1330 g/mol. The van der Waals surface area contributed by atoms with Crippen LogP contribution < -0.4 is 40.7 Å². The maximum atomic E-state index is 13.9. The number of hydrogen-bond acceptors (Lipinski definition) is 24. The van der Waals surface area contributed by atoms with Crippen molar-refractivity contribution >= 4 is 90.3 Å². The van der Waals surface area contributed by atoms with Crippen molar-refractivity contribution < 1.29 is 93.2 Å². The summed E-state index contributed by atoms with van der Waals surface area (Å²) in [5, 5.41) is 35.8. The van der Waals surface area contributed by atoms with E-state index < -0.39 is 106 Å². The summed E-state index contributed by atoms with van der Waals surface area (Å²) >= 11 is 1.81. The Bertz CT molecular complexity index is 3580. The van der Waals surface area contributed by atoms with E-state index in [1.807, 2.05) is 55.7 Å². The van der Waals surface area contributed by atoms with E-state index in [-0.39, 0.29) is 33.1 Å². The summed E-state index contributed by atoms with van der Waals surface area (Å²) in [7, 11) is 7.40. The molecule has 37 heteroatoms. The molecule has 0 bridgehead atoms. The highest BCUT2D eigenvalue weighted by Gasteiger charge is 2.61. The lowest BCUT2D eigenvalue weighted by Crippen LogP contribution is -2.78. The summed E-state index contributed by atoms with van der Waals surface area (Å²) in [6.07, 6.45) is 12.5. The zero-order valence-electron chi connectivity index (χ0n) is 51.3. The number of pyridine rings is 2. The van der Waals surface area contributed by atoms with E-state index in [2.05, 4.69) is 83.2 Å². The SMILES string of the molecule is CC1(C)[C@H](NC(=O)/C(=N\O[C@@H](COc2ccc(-n3cc[n+](CCC[N+](C)(C)C)c3)nc2)C(=O)O)c2csc(N)n2)C(=O)N1OS(=O)(=O)ON1C(=O)[C@@H](NC(=O)/C(=N\O[C@@H](COc2ccc(-n3cc[n+](CCC[N+](C)(C)C)c3)nc2)C(=O)O)c2csc(N)n2)C1(C)C. The van der Waals surface area contributed by atoms with Gasteiger partial charge in [-0.2, -0.15) is 27.7 Å². The number of carbonyl (C=O) groups excluding carboxylic acids is 4. The summed E-state index contributed by atoms with van der Waals surface area (Å²) in [5.74, 6) is -6.06. The Labute approximate surface area is 529 Å². The van der Waals surface area contributed by atoms with Gasteiger partial charge in [0.15, 0.2) is 21.7 Å². The fourth-order valence-electron chi connectivity index (χ4n) is 8.92. The normalized spacial score (nSPS) is 17.3. The summed E-state index contributed by atoms with van der Waals surface area (Å²) in [4.78, 5) is 107. The van der Waals surface area contributed by atoms with E-state index in [4.69, 9.17) is 39.2 Å². The minimum Gasteiger partial charge on any atom is -0.487 e. The Hall–Kier alpha value is -9.27. The molecule has 6 aromatic rings. The van der Waals surface area contributed by atoms with E-state index in [1.54, 1.807) is 24.3 Å². The number of ether oxygens (including phenoxy) is 2. The van der Waals surface area contributed by atoms with Gasteiger partial charge in [0.05, 0.1) is 91.9 Å². The first-order chi connectivity index (χ1) is 42.7. The van der Waals surface area contributed by atoms with E-state index in [0.29, 0.717) is 21.8 Å². The van der Waals surface area contributed by atoms with Gasteiger partial charge in [-0.25, -0.2) is 38.7 Å². The number of anilines is 2. The molecule has 0 radical (unpaired) electrons. The molecule has 8 heterocycles. The van der Waals surface area contributed by atoms with Gasteiger partial charge in [0, 0.05) is 35.7 Å². The van der Waals surface area contributed by atoms with Crippen molar-refractivity contribution in [2.24, 2.45) is 10.3 Å². The molecule has 6 aromatic heterocycles. The van der Waals surface area contributed by atoms with Crippen molar-refractivity contribution in [3.8, 4) is 23.1 Å². The van der Waals surface area contributed by atoms with Crippen molar-refractivity contribution in [2.75, 3.05) is 80.1 Å². The van der Waals surface area contributed by atoms with Gasteiger partial charge in [0.1, 0.15) is 73.0 Å². The van der Waals surface area contributed by atoms with Crippen LogP contribution in [0.3, 0.4) is 0 Å². The number of carboxylic acids is 2. The fourth-order valence-corrected chi connectivity index (χ4v) is 10.9. The monoisotopic (exact) mass is 1320 g/mol. The van der Waals surface area contributed by atoms with Crippen molar-refractivity contribution in [2.45, 2.75) is 89.0 Å². The molecule has 8 rings (SSSR count). The molecular formula is C54H72N18O16S3+4. The van der Waals surface area contributed by atoms with Gasteiger partial charge in [-0.3, -0.25) is 19.2 Å². The molecule has 0 aromatic carbocycles. The maximum Gasteiger partial charge on any atom is 0.442 e. The second kappa shape index (κ2) is 27.5. The van der Waals surface area contributed by atoms with Crippen LogP contribution in [0.4, 0.5) is 10.3 Å². The van der Waals surface area contributed by atoms with Gasteiger partial charge < -0.3 is 60.4 Å². The molecular weight excluding hydrogens is 1250 g/mol. The number of carboxylic acid groups (broad SMARTS) is 2. The van der Waals surface area contributed by atoms with Crippen LogP contribution in [0, 0.1) is 0 Å². The van der Waals surface area contributed by atoms with Gasteiger partial charge in [-0.15, -0.1) is 31.2 Å². The zero-order chi connectivity index (χ0) is 66.4.